The standard InChI is InChI=1S/C21H25N5O3/c27-21(23-17-7-8-20(22-15-17)25-11-3-4-12-25)16-9-13-24(14-10-16)18-5-1-2-6-19(18)26(28)29/h1-2,5-8,15-16H,3-4,9-14H2,(H,23,27). The Kier molecular flexibility index (Phi) is 5.59. The second-order valence-electron chi connectivity index (χ2n) is 7.60. The molecule has 8 nitrogen and oxygen atoms in total. The number of aromatic nitrogens is 1. The number of nitro benzene ring substituents is 1. The van der Waals surface area contributed by atoms with E-state index in [0.717, 1.165) is 18.9 Å². The SMILES string of the molecule is O=C(Nc1ccc(N2CCCC2)nc1)C1CCN(c2ccccc2[N+](=O)[O-])CC1. The fraction of sp³-hybridized carbons (Fsp3) is 0.429. The Balaban J connectivity index is 1.33. The van der Waals surface area contributed by atoms with Gasteiger partial charge in [-0.2, -0.15) is 0 Å². The molecule has 2 aromatic rings. The molecule has 4 rings (SSSR count). The van der Waals surface area contributed by atoms with Crippen molar-refractivity contribution < 1.29 is 9.72 Å². The van der Waals surface area contributed by atoms with Crippen LogP contribution in [0.3, 0.4) is 0 Å². The van der Waals surface area contributed by atoms with Gasteiger partial charge < -0.3 is 15.1 Å². The highest BCUT2D eigenvalue weighted by Gasteiger charge is 2.28. The molecule has 2 saturated heterocycles. The maximum atomic E-state index is 12.7. The molecule has 29 heavy (non-hydrogen) atoms. The molecule has 0 atom stereocenters. The molecule has 152 valence electrons. The number of rotatable bonds is 5. The smallest absolute Gasteiger partial charge is 0.292 e. The summed E-state index contributed by atoms with van der Waals surface area (Å²) in [7, 11) is 0. The Hall–Kier alpha value is -3.16. The molecule has 8 heteroatoms. The molecular formula is C21H25N5O3. The summed E-state index contributed by atoms with van der Waals surface area (Å²) in [6, 6.07) is 10.6. The van der Waals surface area contributed by atoms with Crippen molar-refractivity contribution in [2.24, 2.45) is 5.92 Å². The van der Waals surface area contributed by atoms with Crippen LogP contribution in [0.4, 0.5) is 22.9 Å². The first-order chi connectivity index (χ1) is 14.1. The summed E-state index contributed by atoms with van der Waals surface area (Å²) >= 11 is 0. The van der Waals surface area contributed by atoms with Gasteiger partial charge in [0.15, 0.2) is 0 Å². The van der Waals surface area contributed by atoms with Gasteiger partial charge in [0, 0.05) is 38.2 Å². The third-order valence-electron chi connectivity index (χ3n) is 5.73. The lowest BCUT2D eigenvalue weighted by atomic mass is 9.95. The number of nitrogens with one attached hydrogen (secondary N) is 1. The van der Waals surface area contributed by atoms with Crippen molar-refractivity contribution in [1.29, 1.82) is 0 Å². The first-order valence-corrected chi connectivity index (χ1v) is 10.1. The van der Waals surface area contributed by atoms with Gasteiger partial charge in [0.1, 0.15) is 11.5 Å². The van der Waals surface area contributed by atoms with E-state index in [1.54, 1.807) is 24.4 Å². The average Bonchev–Trinajstić information content (AvgIpc) is 3.29. The van der Waals surface area contributed by atoms with Gasteiger partial charge in [-0.1, -0.05) is 12.1 Å². The van der Waals surface area contributed by atoms with Gasteiger partial charge in [-0.05, 0) is 43.9 Å². The van der Waals surface area contributed by atoms with E-state index in [4.69, 9.17) is 0 Å². The predicted octanol–water partition coefficient (Wildman–Crippen LogP) is 3.45. The monoisotopic (exact) mass is 395 g/mol. The maximum Gasteiger partial charge on any atom is 0.292 e. The number of nitro groups is 1. The number of benzene rings is 1. The lowest BCUT2D eigenvalue weighted by Gasteiger charge is -2.32. The molecule has 0 radical (unpaired) electrons. The van der Waals surface area contributed by atoms with E-state index in [-0.39, 0.29) is 22.4 Å². The number of hydrogen-bond donors (Lipinski definition) is 1. The summed E-state index contributed by atoms with van der Waals surface area (Å²) in [5, 5.41) is 14.2. The first-order valence-electron chi connectivity index (χ1n) is 10.1. The number of carbonyl (C=O) groups is 1. The van der Waals surface area contributed by atoms with Crippen LogP contribution >= 0.6 is 0 Å². The Morgan fingerprint density at radius 1 is 1.03 bits per heavy atom. The van der Waals surface area contributed by atoms with Crippen LogP contribution < -0.4 is 15.1 Å². The summed E-state index contributed by atoms with van der Waals surface area (Å²) in [6.07, 6.45) is 5.44. The minimum absolute atomic E-state index is 0.0112. The molecule has 0 saturated carbocycles. The van der Waals surface area contributed by atoms with Gasteiger partial charge in [0.25, 0.3) is 5.69 Å². The van der Waals surface area contributed by atoms with Crippen LogP contribution in [0.25, 0.3) is 0 Å². The molecule has 2 fully saturated rings. The predicted molar refractivity (Wildman–Crippen MR) is 112 cm³/mol. The fourth-order valence-corrected chi connectivity index (χ4v) is 4.11. The number of hydrogen-bond acceptors (Lipinski definition) is 6. The van der Waals surface area contributed by atoms with Crippen LogP contribution in [-0.4, -0.2) is 42.0 Å². The molecule has 1 N–H and O–H groups in total. The third-order valence-corrected chi connectivity index (χ3v) is 5.73. The van der Waals surface area contributed by atoms with Gasteiger partial charge in [-0.25, -0.2) is 4.98 Å². The number of pyridine rings is 1. The van der Waals surface area contributed by atoms with E-state index >= 15 is 0 Å². The third kappa shape index (κ3) is 4.31. The number of para-hydroxylation sites is 2. The minimum Gasteiger partial charge on any atom is -0.366 e. The van der Waals surface area contributed by atoms with E-state index < -0.39 is 0 Å². The summed E-state index contributed by atoms with van der Waals surface area (Å²) in [4.78, 5) is 32.3. The highest BCUT2D eigenvalue weighted by atomic mass is 16.6. The van der Waals surface area contributed by atoms with Crippen LogP contribution in [0.15, 0.2) is 42.6 Å². The Bertz CT molecular complexity index is 872. The van der Waals surface area contributed by atoms with Crippen molar-refractivity contribution in [2.45, 2.75) is 25.7 Å². The van der Waals surface area contributed by atoms with Gasteiger partial charge in [0.05, 0.1) is 16.8 Å². The first kappa shape index (κ1) is 19.2. The molecule has 2 aliphatic rings. The summed E-state index contributed by atoms with van der Waals surface area (Å²) in [5.74, 6) is 0.841. The molecule has 0 spiro atoms. The minimum atomic E-state index is -0.354. The Labute approximate surface area is 169 Å². The van der Waals surface area contributed by atoms with E-state index in [1.807, 2.05) is 17.0 Å². The topological polar surface area (TPSA) is 91.6 Å². The lowest BCUT2D eigenvalue weighted by Crippen LogP contribution is -2.38. The van der Waals surface area contributed by atoms with Gasteiger partial charge in [-0.3, -0.25) is 14.9 Å². The van der Waals surface area contributed by atoms with Crippen LogP contribution in [0, 0.1) is 16.0 Å². The maximum absolute atomic E-state index is 12.7. The van der Waals surface area contributed by atoms with E-state index in [2.05, 4.69) is 15.2 Å². The quantitative estimate of drug-likeness (QED) is 0.616. The van der Waals surface area contributed by atoms with Crippen LogP contribution in [-0.2, 0) is 4.79 Å². The molecule has 0 bridgehead atoms. The van der Waals surface area contributed by atoms with Crippen LogP contribution in [0.1, 0.15) is 25.7 Å². The van der Waals surface area contributed by atoms with Gasteiger partial charge >= 0.3 is 0 Å². The van der Waals surface area contributed by atoms with E-state index in [1.165, 1.54) is 18.9 Å². The number of piperidine rings is 1. The van der Waals surface area contributed by atoms with E-state index in [9.17, 15) is 14.9 Å². The van der Waals surface area contributed by atoms with Crippen LogP contribution in [0.2, 0.25) is 0 Å². The highest BCUT2D eigenvalue weighted by molar-refractivity contribution is 5.92. The van der Waals surface area contributed by atoms with Crippen molar-refractivity contribution in [2.75, 3.05) is 41.3 Å². The number of amides is 1. The molecule has 1 aromatic heterocycles. The van der Waals surface area contributed by atoms with Gasteiger partial charge in [0.2, 0.25) is 5.91 Å². The van der Waals surface area contributed by atoms with Crippen molar-refractivity contribution in [3.8, 4) is 0 Å². The molecule has 2 aliphatic heterocycles. The zero-order chi connectivity index (χ0) is 20.2. The molecule has 0 aliphatic carbocycles. The number of carbonyl (C=O) groups excluding carboxylic acids is 1. The zero-order valence-corrected chi connectivity index (χ0v) is 16.3. The second kappa shape index (κ2) is 8.46. The van der Waals surface area contributed by atoms with Gasteiger partial charge in [-0.15, -0.1) is 0 Å². The molecule has 1 aromatic carbocycles. The van der Waals surface area contributed by atoms with E-state index in [0.29, 0.717) is 37.3 Å². The lowest BCUT2D eigenvalue weighted by molar-refractivity contribution is -0.384. The highest BCUT2D eigenvalue weighted by Crippen LogP contribution is 2.31. The molecule has 1 amide bonds. The summed E-state index contributed by atoms with van der Waals surface area (Å²) in [5.41, 5.74) is 1.44. The largest absolute Gasteiger partial charge is 0.366 e. The summed E-state index contributed by atoms with van der Waals surface area (Å²) < 4.78 is 0. The van der Waals surface area contributed by atoms with Crippen molar-refractivity contribution in [3.05, 3.63) is 52.7 Å². The zero-order valence-electron chi connectivity index (χ0n) is 16.3. The van der Waals surface area contributed by atoms with Crippen molar-refractivity contribution in [1.82, 2.24) is 4.98 Å². The van der Waals surface area contributed by atoms with Crippen LogP contribution in [0.5, 0.6) is 0 Å². The normalized spacial score (nSPS) is 17.4. The average molecular weight is 395 g/mol. The molecule has 0 unspecified atom stereocenters. The molecular weight excluding hydrogens is 370 g/mol. The number of anilines is 3. The Morgan fingerprint density at radius 2 is 1.76 bits per heavy atom. The number of nitrogens with zero attached hydrogens (tertiary/aromatic N) is 4. The van der Waals surface area contributed by atoms with Crippen molar-refractivity contribution >= 4 is 28.8 Å². The Morgan fingerprint density at radius 3 is 2.41 bits per heavy atom. The molecule has 3 heterocycles. The van der Waals surface area contributed by atoms with Crippen molar-refractivity contribution in [3.63, 3.8) is 0 Å². The summed E-state index contributed by atoms with van der Waals surface area (Å²) in [6.45, 7) is 3.32. The second-order valence-corrected chi connectivity index (χ2v) is 7.60. The fourth-order valence-electron chi connectivity index (χ4n) is 4.11.